The molecular weight excluding hydrogens is 377 g/mol. The molecule has 0 spiro atoms. The van der Waals surface area contributed by atoms with Crippen LogP contribution in [0.1, 0.15) is 11.3 Å². The minimum Gasteiger partial charge on any atom is -0.457 e. The number of benzene rings is 2. The SMILES string of the molecule is OCc1oc2nc(OCc3ccccc3Cl)nn2c1-c1ccccc1Cl. The van der Waals surface area contributed by atoms with Gasteiger partial charge in [0.15, 0.2) is 5.76 Å². The number of rotatable bonds is 5. The summed E-state index contributed by atoms with van der Waals surface area (Å²) in [5, 5.41) is 15.0. The molecule has 4 rings (SSSR count). The lowest BCUT2D eigenvalue weighted by molar-refractivity contribution is 0.250. The van der Waals surface area contributed by atoms with Crippen molar-refractivity contribution in [3.05, 3.63) is 69.9 Å². The molecule has 0 unspecified atom stereocenters. The zero-order valence-electron chi connectivity index (χ0n) is 13.4. The summed E-state index contributed by atoms with van der Waals surface area (Å²) in [6, 6.07) is 14.7. The quantitative estimate of drug-likeness (QED) is 0.548. The molecule has 0 amide bonds. The summed E-state index contributed by atoms with van der Waals surface area (Å²) in [5.41, 5.74) is 2.04. The van der Waals surface area contributed by atoms with E-state index in [2.05, 4.69) is 10.1 Å². The van der Waals surface area contributed by atoms with Crippen LogP contribution in [0, 0.1) is 0 Å². The third kappa shape index (κ3) is 3.03. The summed E-state index contributed by atoms with van der Waals surface area (Å²) in [7, 11) is 0. The van der Waals surface area contributed by atoms with Crippen LogP contribution in [0.3, 0.4) is 0 Å². The molecule has 6 nitrogen and oxygen atoms in total. The van der Waals surface area contributed by atoms with Gasteiger partial charge >= 0.3 is 11.9 Å². The number of hydrogen-bond acceptors (Lipinski definition) is 5. The van der Waals surface area contributed by atoms with E-state index in [1.165, 1.54) is 4.52 Å². The first-order chi connectivity index (χ1) is 12.7. The van der Waals surface area contributed by atoms with Crippen molar-refractivity contribution in [2.24, 2.45) is 0 Å². The lowest BCUT2D eigenvalue weighted by atomic mass is 10.1. The molecule has 0 bridgehead atoms. The zero-order valence-corrected chi connectivity index (χ0v) is 14.9. The van der Waals surface area contributed by atoms with Gasteiger partial charge in [0.05, 0.1) is 5.02 Å². The Morgan fingerprint density at radius 2 is 1.77 bits per heavy atom. The van der Waals surface area contributed by atoms with Gasteiger partial charge in [-0.15, -0.1) is 10.1 Å². The van der Waals surface area contributed by atoms with Crippen molar-refractivity contribution in [1.29, 1.82) is 0 Å². The van der Waals surface area contributed by atoms with Crippen molar-refractivity contribution in [2.45, 2.75) is 13.2 Å². The molecule has 0 fully saturated rings. The fourth-order valence-electron chi connectivity index (χ4n) is 2.61. The third-order valence-corrected chi connectivity index (χ3v) is 4.53. The number of fused-ring (bicyclic) bond motifs is 1. The molecule has 2 aromatic heterocycles. The van der Waals surface area contributed by atoms with E-state index in [9.17, 15) is 5.11 Å². The van der Waals surface area contributed by atoms with Crippen LogP contribution in [0.2, 0.25) is 10.0 Å². The number of aliphatic hydroxyl groups excluding tert-OH is 1. The smallest absolute Gasteiger partial charge is 0.339 e. The highest BCUT2D eigenvalue weighted by atomic mass is 35.5. The zero-order chi connectivity index (χ0) is 18.1. The van der Waals surface area contributed by atoms with Gasteiger partial charge in [0.2, 0.25) is 0 Å². The van der Waals surface area contributed by atoms with Gasteiger partial charge in [-0.1, -0.05) is 59.6 Å². The number of nitrogens with zero attached hydrogens (tertiary/aromatic N) is 3. The van der Waals surface area contributed by atoms with Crippen molar-refractivity contribution in [1.82, 2.24) is 14.6 Å². The Morgan fingerprint density at radius 3 is 2.50 bits per heavy atom. The predicted octanol–water partition coefficient (Wildman–Crippen LogP) is 4.37. The molecule has 4 aromatic rings. The molecule has 2 aromatic carbocycles. The first-order valence-electron chi connectivity index (χ1n) is 7.78. The number of halogens is 2. The molecule has 0 aliphatic carbocycles. The van der Waals surface area contributed by atoms with E-state index in [0.717, 1.165) is 5.56 Å². The highest BCUT2D eigenvalue weighted by Gasteiger charge is 2.21. The molecule has 2 heterocycles. The summed E-state index contributed by atoms with van der Waals surface area (Å²) in [6.45, 7) is -0.0808. The molecule has 0 saturated heterocycles. The minimum atomic E-state index is -0.304. The van der Waals surface area contributed by atoms with Gasteiger partial charge in [0, 0.05) is 16.1 Å². The molecule has 0 atom stereocenters. The van der Waals surface area contributed by atoms with Crippen LogP contribution in [0.4, 0.5) is 0 Å². The van der Waals surface area contributed by atoms with E-state index in [1.54, 1.807) is 12.1 Å². The second-order valence-electron chi connectivity index (χ2n) is 5.48. The molecule has 0 aliphatic rings. The second kappa shape index (κ2) is 6.99. The van der Waals surface area contributed by atoms with Gasteiger partial charge in [-0.25, -0.2) is 0 Å². The number of hydrogen-bond donors (Lipinski definition) is 1. The highest BCUT2D eigenvalue weighted by molar-refractivity contribution is 6.33. The van der Waals surface area contributed by atoms with E-state index in [0.29, 0.717) is 27.1 Å². The molecule has 0 saturated carbocycles. The molecule has 132 valence electrons. The molecule has 0 radical (unpaired) electrons. The summed E-state index contributed by atoms with van der Waals surface area (Å²) in [5.74, 6) is 0.531. The van der Waals surface area contributed by atoms with E-state index in [1.807, 2.05) is 36.4 Å². The van der Waals surface area contributed by atoms with Crippen LogP contribution >= 0.6 is 23.2 Å². The van der Waals surface area contributed by atoms with Crippen molar-refractivity contribution in [2.75, 3.05) is 0 Å². The van der Waals surface area contributed by atoms with Crippen molar-refractivity contribution in [3.8, 4) is 17.3 Å². The van der Waals surface area contributed by atoms with E-state index in [4.69, 9.17) is 32.4 Å². The average Bonchev–Trinajstić information content (AvgIpc) is 3.18. The standard InChI is InChI=1S/C18H13Cl2N3O3/c19-13-7-3-1-5-11(13)10-25-17-21-18-23(22-17)16(15(9-24)26-18)12-6-2-4-8-14(12)20/h1-8,24H,9-10H2. The van der Waals surface area contributed by atoms with Crippen LogP contribution in [-0.2, 0) is 13.2 Å². The maximum atomic E-state index is 9.59. The lowest BCUT2D eigenvalue weighted by Gasteiger charge is -2.04. The Labute approximate surface area is 158 Å². The number of aromatic nitrogens is 3. The number of oxazole rings is 1. The molecule has 26 heavy (non-hydrogen) atoms. The predicted molar refractivity (Wildman–Crippen MR) is 97.4 cm³/mol. The summed E-state index contributed by atoms with van der Waals surface area (Å²) in [6.07, 6.45) is 0. The van der Waals surface area contributed by atoms with Crippen LogP contribution in [0.5, 0.6) is 6.01 Å². The minimum absolute atomic E-state index is 0.140. The Hall–Kier alpha value is -2.54. The van der Waals surface area contributed by atoms with E-state index in [-0.39, 0.29) is 25.1 Å². The Balaban J connectivity index is 1.70. The van der Waals surface area contributed by atoms with Gasteiger partial charge < -0.3 is 14.3 Å². The van der Waals surface area contributed by atoms with Crippen LogP contribution in [0.25, 0.3) is 17.1 Å². The van der Waals surface area contributed by atoms with Crippen molar-refractivity contribution in [3.63, 3.8) is 0 Å². The molecule has 1 N–H and O–H groups in total. The van der Waals surface area contributed by atoms with Gasteiger partial charge in [-0.2, -0.15) is 4.52 Å². The molecule has 8 heteroatoms. The normalized spacial score (nSPS) is 11.2. The van der Waals surface area contributed by atoms with Gasteiger partial charge in [0.25, 0.3) is 0 Å². The first-order valence-corrected chi connectivity index (χ1v) is 8.53. The maximum absolute atomic E-state index is 9.59. The summed E-state index contributed by atoms with van der Waals surface area (Å²) >= 11 is 12.4. The number of aliphatic hydroxyl groups is 1. The third-order valence-electron chi connectivity index (χ3n) is 3.84. The summed E-state index contributed by atoms with van der Waals surface area (Å²) < 4.78 is 12.7. The average molecular weight is 390 g/mol. The Bertz CT molecular complexity index is 1070. The van der Waals surface area contributed by atoms with Crippen LogP contribution in [0.15, 0.2) is 52.9 Å². The monoisotopic (exact) mass is 389 g/mol. The Kier molecular flexibility index (Phi) is 4.55. The summed E-state index contributed by atoms with van der Waals surface area (Å²) in [4.78, 5) is 4.21. The fourth-order valence-corrected chi connectivity index (χ4v) is 3.03. The fraction of sp³-hybridized carbons (Fsp3) is 0.111. The van der Waals surface area contributed by atoms with Crippen LogP contribution < -0.4 is 4.74 Å². The van der Waals surface area contributed by atoms with Gasteiger partial charge in [-0.05, 0) is 12.1 Å². The lowest BCUT2D eigenvalue weighted by Crippen LogP contribution is -1.99. The highest BCUT2D eigenvalue weighted by Crippen LogP contribution is 2.33. The largest absolute Gasteiger partial charge is 0.457 e. The topological polar surface area (TPSA) is 72.8 Å². The molecule has 0 aliphatic heterocycles. The van der Waals surface area contributed by atoms with Crippen molar-refractivity contribution < 1.29 is 14.3 Å². The van der Waals surface area contributed by atoms with Crippen LogP contribution in [-0.4, -0.2) is 19.7 Å². The first kappa shape index (κ1) is 16.9. The maximum Gasteiger partial charge on any atom is 0.339 e. The number of ether oxygens (including phenoxy) is 1. The van der Waals surface area contributed by atoms with E-state index >= 15 is 0 Å². The van der Waals surface area contributed by atoms with Gasteiger partial charge in [0.1, 0.15) is 18.9 Å². The van der Waals surface area contributed by atoms with E-state index < -0.39 is 0 Å². The van der Waals surface area contributed by atoms with Crippen molar-refractivity contribution >= 4 is 29.0 Å². The van der Waals surface area contributed by atoms with Gasteiger partial charge in [-0.3, -0.25) is 0 Å². The molecular formula is C18H13Cl2N3O3. The Morgan fingerprint density at radius 1 is 1.04 bits per heavy atom. The second-order valence-corrected chi connectivity index (χ2v) is 6.30.